The summed E-state index contributed by atoms with van der Waals surface area (Å²) in [5.41, 5.74) is 3.28. The first kappa shape index (κ1) is 16.9. The third-order valence-corrected chi connectivity index (χ3v) is 6.33. The molecule has 1 aliphatic carbocycles. The van der Waals surface area contributed by atoms with Crippen molar-refractivity contribution in [2.45, 2.75) is 23.8 Å². The van der Waals surface area contributed by atoms with Crippen LogP contribution in [0.1, 0.15) is 11.3 Å². The van der Waals surface area contributed by atoms with Gasteiger partial charge in [-0.1, -0.05) is 0 Å². The van der Waals surface area contributed by atoms with Gasteiger partial charge in [0.2, 0.25) is 10.0 Å². The summed E-state index contributed by atoms with van der Waals surface area (Å²) in [7, 11) is -0.387. The van der Waals surface area contributed by atoms with E-state index in [-0.39, 0.29) is 10.9 Å². The summed E-state index contributed by atoms with van der Waals surface area (Å²) in [4.78, 5) is 3.63. The largest absolute Gasteiger partial charge is 0.497 e. The Morgan fingerprint density at radius 2 is 1.69 bits per heavy atom. The molecule has 1 aliphatic rings. The Balaban J connectivity index is 1.56. The van der Waals surface area contributed by atoms with E-state index in [4.69, 9.17) is 9.47 Å². The van der Waals surface area contributed by atoms with Gasteiger partial charge in [0.1, 0.15) is 11.5 Å². The van der Waals surface area contributed by atoms with Crippen molar-refractivity contribution in [1.82, 2.24) is 9.71 Å². The average molecular weight is 372 g/mol. The van der Waals surface area contributed by atoms with Gasteiger partial charge in [-0.25, -0.2) is 13.1 Å². The van der Waals surface area contributed by atoms with Gasteiger partial charge in [-0.05, 0) is 54.4 Å². The Labute approximate surface area is 152 Å². The van der Waals surface area contributed by atoms with E-state index in [1.165, 1.54) is 0 Å². The second kappa shape index (κ2) is 6.34. The molecule has 136 valence electrons. The van der Waals surface area contributed by atoms with Crippen LogP contribution in [0.4, 0.5) is 0 Å². The van der Waals surface area contributed by atoms with E-state index >= 15 is 0 Å². The summed E-state index contributed by atoms with van der Waals surface area (Å²) in [6, 6.07) is 12.1. The molecule has 2 aromatic carbocycles. The molecule has 7 heteroatoms. The molecule has 0 bridgehead atoms. The molecule has 0 saturated heterocycles. The van der Waals surface area contributed by atoms with E-state index in [1.807, 2.05) is 18.2 Å². The van der Waals surface area contributed by atoms with Crippen molar-refractivity contribution < 1.29 is 17.9 Å². The lowest BCUT2D eigenvalue weighted by Crippen LogP contribution is -2.35. The smallest absolute Gasteiger partial charge is 0.240 e. The number of aromatic amines is 1. The highest BCUT2D eigenvalue weighted by atomic mass is 32.2. The predicted octanol–water partition coefficient (Wildman–Crippen LogP) is 2.63. The molecule has 2 N–H and O–H groups in total. The number of rotatable bonds is 5. The first-order valence-electron chi connectivity index (χ1n) is 8.34. The van der Waals surface area contributed by atoms with E-state index in [0.29, 0.717) is 18.6 Å². The molecule has 1 aromatic heterocycles. The Hall–Kier alpha value is -2.51. The zero-order valence-electron chi connectivity index (χ0n) is 14.6. The lowest BCUT2D eigenvalue weighted by atomic mass is 10.1. The molecule has 0 radical (unpaired) electrons. The first-order valence-corrected chi connectivity index (χ1v) is 9.82. The van der Waals surface area contributed by atoms with Gasteiger partial charge in [0.15, 0.2) is 0 Å². The molecule has 1 atom stereocenters. The maximum absolute atomic E-state index is 12.6. The first-order chi connectivity index (χ1) is 12.5. The topological polar surface area (TPSA) is 80.4 Å². The molecule has 6 nitrogen and oxygen atoms in total. The van der Waals surface area contributed by atoms with Gasteiger partial charge in [0, 0.05) is 29.1 Å². The summed E-state index contributed by atoms with van der Waals surface area (Å²) in [5, 5.41) is 1.09. The molecule has 0 spiro atoms. The fourth-order valence-electron chi connectivity index (χ4n) is 3.51. The van der Waals surface area contributed by atoms with Crippen LogP contribution in [-0.4, -0.2) is 33.7 Å². The van der Waals surface area contributed by atoms with Crippen molar-refractivity contribution >= 4 is 20.9 Å². The van der Waals surface area contributed by atoms with Crippen molar-refractivity contribution in [3.05, 3.63) is 53.7 Å². The Kier molecular flexibility index (Phi) is 4.13. The molecule has 0 saturated carbocycles. The summed E-state index contributed by atoms with van der Waals surface area (Å²) in [5.74, 6) is 1.42. The molecule has 0 amide bonds. The van der Waals surface area contributed by atoms with Crippen LogP contribution in [0.2, 0.25) is 0 Å². The number of aromatic nitrogens is 1. The highest BCUT2D eigenvalue weighted by molar-refractivity contribution is 7.89. The third kappa shape index (κ3) is 2.93. The van der Waals surface area contributed by atoms with Crippen LogP contribution in [0.5, 0.6) is 11.5 Å². The highest BCUT2D eigenvalue weighted by Crippen LogP contribution is 2.33. The van der Waals surface area contributed by atoms with E-state index in [9.17, 15) is 8.42 Å². The van der Waals surface area contributed by atoms with Crippen LogP contribution in [0.3, 0.4) is 0 Å². The number of methoxy groups -OCH3 is 2. The van der Waals surface area contributed by atoms with Crippen molar-refractivity contribution in [2.24, 2.45) is 0 Å². The van der Waals surface area contributed by atoms with Crippen LogP contribution in [0.25, 0.3) is 10.9 Å². The summed E-state index contributed by atoms with van der Waals surface area (Å²) in [6.45, 7) is 0. The zero-order valence-corrected chi connectivity index (χ0v) is 15.4. The normalized spacial score (nSPS) is 16.6. The fraction of sp³-hybridized carbons (Fsp3) is 0.263. The van der Waals surface area contributed by atoms with Gasteiger partial charge in [-0.3, -0.25) is 0 Å². The predicted molar refractivity (Wildman–Crippen MR) is 99.4 cm³/mol. The SMILES string of the molecule is COc1ccc(S(=O)(=O)NC2Cc3[nH]c4ccc(OC)cc4c3C2)cc1. The van der Waals surface area contributed by atoms with Gasteiger partial charge in [0.25, 0.3) is 0 Å². The van der Waals surface area contributed by atoms with E-state index in [1.54, 1.807) is 38.5 Å². The summed E-state index contributed by atoms with van der Waals surface area (Å²) >= 11 is 0. The number of nitrogens with one attached hydrogen (secondary N) is 2. The standard InChI is InChI=1S/C19H20N2O4S/c1-24-13-3-6-15(7-4-13)26(22,23)21-12-9-16-17-11-14(25-2)5-8-18(17)20-19(16)10-12/h3-8,11-12,20-21H,9-10H2,1-2H3. The van der Waals surface area contributed by atoms with Crippen LogP contribution in [0.15, 0.2) is 47.4 Å². The van der Waals surface area contributed by atoms with Gasteiger partial charge in [-0.15, -0.1) is 0 Å². The highest BCUT2D eigenvalue weighted by Gasteiger charge is 2.29. The molecule has 4 rings (SSSR count). The zero-order chi connectivity index (χ0) is 18.3. The maximum Gasteiger partial charge on any atom is 0.240 e. The number of ether oxygens (including phenoxy) is 2. The lowest BCUT2D eigenvalue weighted by Gasteiger charge is -2.13. The van der Waals surface area contributed by atoms with Crippen molar-refractivity contribution in [3.63, 3.8) is 0 Å². The van der Waals surface area contributed by atoms with Gasteiger partial charge in [-0.2, -0.15) is 0 Å². The Morgan fingerprint density at radius 1 is 1.00 bits per heavy atom. The van der Waals surface area contributed by atoms with Gasteiger partial charge >= 0.3 is 0 Å². The minimum atomic E-state index is -3.57. The molecule has 26 heavy (non-hydrogen) atoms. The number of fused-ring (bicyclic) bond motifs is 3. The van der Waals surface area contributed by atoms with Crippen LogP contribution in [-0.2, 0) is 22.9 Å². The van der Waals surface area contributed by atoms with Crippen LogP contribution >= 0.6 is 0 Å². The van der Waals surface area contributed by atoms with E-state index < -0.39 is 10.0 Å². The summed E-state index contributed by atoms with van der Waals surface area (Å²) in [6.07, 6.45) is 1.29. The van der Waals surface area contributed by atoms with Gasteiger partial charge in [0.05, 0.1) is 19.1 Å². The number of sulfonamides is 1. The molecule has 1 heterocycles. The second-order valence-corrected chi connectivity index (χ2v) is 8.11. The Morgan fingerprint density at radius 3 is 2.38 bits per heavy atom. The number of benzene rings is 2. The molecular formula is C19H20N2O4S. The third-order valence-electron chi connectivity index (χ3n) is 4.79. The number of hydrogen-bond donors (Lipinski definition) is 2. The van der Waals surface area contributed by atoms with E-state index in [0.717, 1.165) is 27.9 Å². The van der Waals surface area contributed by atoms with Gasteiger partial charge < -0.3 is 14.5 Å². The van der Waals surface area contributed by atoms with Crippen LogP contribution < -0.4 is 14.2 Å². The minimum absolute atomic E-state index is 0.168. The maximum atomic E-state index is 12.6. The molecular weight excluding hydrogens is 352 g/mol. The van der Waals surface area contributed by atoms with E-state index in [2.05, 4.69) is 9.71 Å². The quantitative estimate of drug-likeness (QED) is 0.721. The monoisotopic (exact) mass is 372 g/mol. The lowest BCUT2D eigenvalue weighted by molar-refractivity contribution is 0.414. The molecule has 1 unspecified atom stereocenters. The fourth-order valence-corrected chi connectivity index (χ4v) is 4.74. The van der Waals surface area contributed by atoms with Crippen molar-refractivity contribution in [3.8, 4) is 11.5 Å². The molecule has 3 aromatic rings. The van der Waals surface area contributed by atoms with Crippen molar-refractivity contribution in [2.75, 3.05) is 14.2 Å². The Bertz CT molecular complexity index is 1060. The average Bonchev–Trinajstić information content (AvgIpc) is 3.17. The number of hydrogen-bond acceptors (Lipinski definition) is 4. The summed E-state index contributed by atoms with van der Waals surface area (Å²) < 4.78 is 38.5. The minimum Gasteiger partial charge on any atom is -0.497 e. The number of H-pyrrole nitrogens is 1. The second-order valence-electron chi connectivity index (χ2n) is 6.40. The molecule has 0 aliphatic heterocycles. The van der Waals surface area contributed by atoms with Crippen molar-refractivity contribution in [1.29, 1.82) is 0 Å². The molecule has 0 fully saturated rings. The van der Waals surface area contributed by atoms with Crippen LogP contribution in [0, 0.1) is 0 Å².